The third-order valence-corrected chi connectivity index (χ3v) is 2.11. The lowest BCUT2D eigenvalue weighted by molar-refractivity contribution is 1.11. The second kappa shape index (κ2) is 5.78. The summed E-state index contributed by atoms with van der Waals surface area (Å²) in [6, 6.07) is 0. The van der Waals surface area contributed by atoms with E-state index >= 15 is 0 Å². The molecule has 0 aliphatic heterocycles. The van der Waals surface area contributed by atoms with Crippen LogP contribution in [0.4, 0.5) is 0 Å². The van der Waals surface area contributed by atoms with E-state index < -0.39 is 0 Å². The molecule has 0 aromatic heterocycles. The zero-order valence-corrected chi connectivity index (χ0v) is 6.08. The standard InChI is InChI=1S/C4H11PS/c1-2-3-6-4-5/h2-5H2,1H3. The first-order valence-electron chi connectivity index (χ1n) is 2.19. The first-order chi connectivity index (χ1) is 2.91. The molecule has 0 N–H and O–H groups in total. The van der Waals surface area contributed by atoms with E-state index in [1.165, 1.54) is 17.7 Å². The van der Waals surface area contributed by atoms with Gasteiger partial charge in [0.25, 0.3) is 0 Å². The van der Waals surface area contributed by atoms with Crippen molar-refractivity contribution in [3.05, 3.63) is 0 Å². The van der Waals surface area contributed by atoms with Gasteiger partial charge < -0.3 is 0 Å². The Bertz CT molecular complexity index is 19.5. The van der Waals surface area contributed by atoms with Crippen molar-refractivity contribution in [1.29, 1.82) is 0 Å². The third-order valence-electron chi connectivity index (χ3n) is 0.466. The molecule has 0 fully saturated rings. The van der Waals surface area contributed by atoms with Crippen LogP contribution in [0.25, 0.3) is 0 Å². The van der Waals surface area contributed by atoms with E-state index in [9.17, 15) is 0 Å². The number of hydrogen-bond donors (Lipinski definition) is 0. The Morgan fingerprint density at radius 2 is 2.33 bits per heavy atom. The Kier molecular flexibility index (Phi) is 6.53. The van der Waals surface area contributed by atoms with Gasteiger partial charge in [-0.15, -0.1) is 9.24 Å². The molecule has 0 saturated heterocycles. The molecule has 0 saturated carbocycles. The van der Waals surface area contributed by atoms with Crippen LogP contribution in [0.5, 0.6) is 0 Å². The van der Waals surface area contributed by atoms with E-state index in [1.54, 1.807) is 0 Å². The molecule has 0 aliphatic carbocycles. The van der Waals surface area contributed by atoms with Gasteiger partial charge in [0.15, 0.2) is 0 Å². The summed E-state index contributed by atoms with van der Waals surface area (Å²) in [7, 11) is 2.69. The third kappa shape index (κ3) is 4.78. The molecule has 1 atom stereocenters. The predicted molar refractivity (Wildman–Crippen MR) is 37.3 cm³/mol. The van der Waals surface area contributed by atoms with Crippen molar-refractivity contribution < 1.29 is 0 Å². The van der Waals surface area contributed by atoms with Crippen LogP contribution in [-0.2, 0) is 0 Å². The highest BCUT2D eigenvalue weighted by molar-refractivity contribution is 8.02. The van der Waals surface area contributed by atoms with Crippen LogP contribution in [0.2, 0.25) is 0 Å². The molecule has 2 heteroatoms. The lowest BCUT2D eigenvalue weighted by atomic mass is 10.6. The van der Waals surface area contributed by atoms with E-state index in [0.717, 1.165) is 0 Å². The summed E-state index contributed by atoms with van der Waals surface area (Å²) in [5, 5.41) is 0. The molecule has 0 amide bonds. The Morgan fingerprint density at radius 3 is 2.50 bits per heavy atom. The van der Waals surface area contributed by atoms with Crippen LogP contribution in [0.1, 0.15) is 13.3 Å². The van der Waals surface area contributed by atoms with Gasteiger partial charge in [0.05, 0.1) is 0 Å². The van der Waals surface area contributed by atoms with Crippen molar-refractivity contribution in [3.8, 4) is 0 Å². The minimum atomic E-state index is 1.19. The molecule has 1 unspecified atom stereocenters. The Balaban J connectivity index is 2.34. The molecule has 6 heavy (non-hydrogen) atoms. The molecule has 0 spiro atoms. The summed E-state index contributed by atoms with van der Waals surface area (Å²) in [6.45, 7) is 2.20. The normalized spacial score (nSPS) is 9.00. The van der Waals surface area contributed by atoms with Gasteiger partial charge in [-0.3, -0.25) is 0 Å². The first-order valence-corrected chi connectivity index (χ1v) is 4.16. The minimum absolute atomic E-state index is 1.19. The largest absolute Gasteiger partial charge is 0.158 e. The highest BCUT2D eigenvalue weighted by atomic mass is 32.2. The van der Waals surface area contributed by atoms with E-state index in [1.807, 2.05) is 11.8 Å². The summed E-state index contributed by atoms with van der Waals surface area (Å²) in [5.74, 6) is 1.31. The molecular formula is C4H11PS. The minimum Gasteiger partial charge on any atom is -0.158 e. The van der Waals surface area contributed by atoms with E-state index in [-0.39, 0.29) is 0 Å². The molecule has 0 heterocycles. The maximum absolute atomic E-state index is 2.69. The van der Waals surface area contributed by atoms with Gasteiger partial charge in [-0.1, -0.05) is 6.92 Å². The fraction of sp³-hybridized carbons (Fsp3) is 1.00. The average molecular weight is 122 g/mol. The Morgan fingerprint density at radius 1 is 1.67 bits per heavy atom. The zero-order valence-electron chi connectivity index (χ0n) is 4.11. The molecule has 0 rings (SSSR count). The first kappa shape index (κ1) is 6.78. The summed E-state index contributed by atoms with van der Waals surface area (Å²) in [6.07, 6.45) is 1.30. The van der Waals surface area contributed by atoms with Gasteiger partial charge in [-0.25, -0.2) is 0 Å². The van der Waals surface area contributed by atoms with Crippen LogP contribution < -0.4 is 0 Å². The monoisotopic (exact) mass is 122 g/mol. The van der Waals surface area contributed by atoms with Crippen LogP contribution in [-0.4, -0.2) is 11.2 Å². The second-order valence-corrected chi connectivity index (χ2v) is 3.22. The number of rotatable bonds is 3. The van der Waals surface area contributed by atoms with Crippen molar-refractivity contribution in [1.82, 2.24) is 0 Å². The van der Waals surface area contributed by atoms with Gasteiger partial charge in [0.1, 0.15) is 0 Å². The maximum atomic E-state index is 2.69. The van der Waals surface area contributed by atoms with Crippen molar-refractivity contribution in [2.24, 2.45) is 0 Å². The van der Waals surface area contributed by atoms with Crippen LogP contribution in [0.3, 0.4) is 0 Å². The maximum Gasteiger partial charge on any atom is 0.00788 e. The molecule has 0 aromatic carbocycles. The number of thioether (sulfide) groups is 1. The molecular weight excluding hydrogens is 111 g/mol. The molecule has 0 aliphatic rings. The van der Waals surface area contributed by atoms with E-state index in [4.69, 9.17) is 0 Å². The van der Waals surface area contributed by atoms with Gasteiger partial charge in [0, 0.05) is 5.49 Å². The SMILES string of the molecule is CCCSCP. The quantitative estimate of drug-likeness (QED) is 0.407. The van der Waals surface area contributed by atoms with Crippen molar-refractivity contribution in [2.75, 3.05) is 11.2 Å². The average Bonchev–Trinajstić information content (AvgIpc) is 1.61. The highest BCUT2D eigenvalue weighted by Gasteiger charge is 1.74. The summed E-state index contributed by atoms with van der Waals surface area (Å²) in [4.78, 5) is 0. The Hall–Kier alpha value is 0.780. The van der Waals surface area contributed by atoms with Crippen LogP contribution in [0, 0.1) is 0 Å². The molecule has 38 valence electrons. The van der Waals surface area contributed by atoms with Crippen molar-refractivity contribution in [3.63, 3.8) is 0 Å². The predicted octanol–water partition coefficient (Wildman–Crippen LogP) is 1.96. The lowest BCUT2D eigenvalue weighted by Gasteiger charge is -1.86. The van der Waals surface area contributed by atoms with Crippen LogP contribution in [0.15, 0.2) is 0 Å². The topological polar surface area (TPSA) is 0 Å². The van der Waals surface area contributed by atoms with Crippen LogP contribution >= 0.6 is 21.0 Å². The van der Waals surface area contributed by atoms with Gasteiger partial charge >= 0.3 is 0 Å². The molecule has 0 radical (unpaired) electrons. The van der Waals surface area contributed by atoms with Crippen molar-refractivity contribution in [2.45, 2.75) is 13.3 Å². The summed E-state index contributed by atoms with van der Waals surface area (Å²) >= 11 is 1.97. The van der Waals surface area contributed by atoms with E-state index in [2.05, 4.69) is 16.2 Å². The van der Waals surface area contributed by atoms with Gasteiger partial charge in [0.2, 0.25) is 0 Å². The number of hydrogen-bond acceptors (Lipinski definition) is 1. The van der Waals surface area contributed by atoms with Gasteiger partial charge in [-0.05, 0) is 12.2 Å². The molecule has 0 aromatic rings. The van der Waals surface area contributed by atoms with E-state index in [0.29, 0.717) is 0 Å². The summed E-state index contributed by atoms with van der Waals surface area (Å²) < 4.78 is 0. The fourth-order valence-electron chi connectivity index (χ4n) is 0.228. The van der Waals surface area contributed by atoms with Crippen molar-refractivity contribution >= 4 is 21.0 Å². The van der Waals surface area contributed by atoms with Gasteiger partial charge in [-0.2, -0.15) is 11.8 Å². The molecule has 0 bridgehead atoms. The smallest absolute Gasteiger partial charge is 0.00788 e. The lowest BCUT2D eigenvalue weighted by Crippen LogP contribution is -1.69. The summed E-state index contributed by atoms with van der Waals surface area (Å²) in [5.41, 5.74) is 1.19. The molecule has 0 nitrogen and oxygen atoms in total. The highest BCUT2D eigenvalue weighted by Crippen LogP contribution is 2.04. The fourth-order valence-corrected chi connectivity index (χ4v) is 1.18. The second-order valence-electron chi connectivity index (χ2n) is 1.07. The zero-order chi connectivity index (χ0) is 4.83. The Labute approximate surface area is 46.3 Å².